The zero-order chi connectivity index (χ0) is 18.8. The van der Waals surface area contributed by atoms with Crippen molar-refractivity contribution in [2.45, 2.75) is 52.2 Å². The minimum atomic E-state index is -0.764. The van der Waals surface area contributed by atoms with Crippen LogP contribution in [-0.2, 0) is 14.3 Å². The largest absolute Gasteiger partial charge is 0.511 e. The van der Waals surface area contributed by atoms with Crippen LogP contribution >= 0.6 is 0 Å². The number of rotatable bonds is 4. The summed E-state index contributed by atoms with van der Waals surface area (Å²) in [6.07, 6.45) is 4.42. The molecule has 4 atom stereocenters. The average Bonchev–Trinajstić information content (AvgIpc) is 3.18. The first-order valence-electron chi connectivity index (χ1n) is 9.17. The predicted molar refractivity (Wildman–Crippen MR) is 98.8 cm³/mol. The van der Waals surface area contributed by atoms with E-state index in [1.54, 1.807) is 6.92 Å². The summed E-state index contributed by atoms with van der Waals surface area (Å²) in [5.74, 6) is -0.607. The topological polar surface area (TPSA) is 63.6 Å². The Balaban J connectivity index is 1.78. The van der Waals surface area contributed by atoms with E-state index in [0.29, 0.717) is 18.4 Å². The second kappa shape index (κ2) is 5.65. The number of allylic oxidation sites excluding steroid dienone is 1. The fourth-order valence-corrected chi connectivity index (χ4v) is 5.09. The molecule has 4 heteroatoms. The van der Waals surface area contributed by atoms with E-state index in [1.807, 2.05) is 45.1 Å². The number of fused-ring (bicyclic) bond motifs is 5. The lowest BCUT2D eigenvalue weighted by Crippen LogP contribution is -2.38. The molecule has 1 saturated heterocycles. The highest BCUT2D eigenvalue weighted by Gasteiger charge is 2.64. The van der Waals surface area contributed by atoms with Crippen LogP contribution in [0.25, 0.3) is 5.57 Å². The van der Waals surface area contributed by atoms with Gasteiger partial charge in [0.1, 0.15) is 11.5 Å². The molecule has 2 aliphatic heterocycles. The van der Waals surface area contributed by atoms with E-state index in [1.165, 1.54) is 0 Å². The second-order valence-electron chi connectivity index (χ2n) is 8.00. The zero-order valence-corrected chi connectivity index (χ0v) is 15.6. The quantitative estimate of drug-likeness (QED) is 0.838. The Bertz CT molecular complexity index is 868. The van der Waals surface area contributed by atoms with E-state index in [2.05, 4.69) is 0 Å². The number of hydrogen-bond acceptors (Lipinski definition) is 4. The van der Waals surface area contributed by atoms with Gasteiger partial charge in [-0.1, -0.05) is 29.8 Å². The maximum absolute atomic E-state index is 13.4. The van der Waals surface area contributed by atoms with E-state index >= 15 is 0 Å². The summed E-state index contributed by atoms with van der Waals surface area (Å²) in [5.41, 5.74) is 3.65. The fraction of sp³-hybridized carbons (Fsp3) is 0.455. The van der Waals surface area contributed by atoms with Crippen molar-refractivity contribution in [2.75, 3.05) is 0 Å². The number of aliphatic hydroxyl groups excluding tert-OH is 1. The molecule has 26 heavy (non-hydrogen) atoms. The van der Waals surface area contributed by atoms with Crippen LogP contribution in [0.5, 0.6) is 0 Å². The van der Waals surface area contributed by atoms with Crippen molar-refractivity contribution in [3.63, 3.8) is 0 Å². The Kier molecular flexibility index (Phi) is 3.74. The molecule has 1 aromatic carbocycles. The fourth-order valence-electron chi connectivity index (χ4n) is 5.09. The van der Waals surface area contributed by atoms with Crippen molar-refractivity contribution in [3.05, 3.63) is 52.3 Å². The van der Waals surface area contributed by atoms with Crippen LogP contribution in [0.3, 0.4) is 0 Å². The first kappa shape index (κ1) is 17.2. The molecular weight excluding hydrogens is 328 g/mol. The van der Waals surface area contributed by atoms with Crippen LogP contribution in [-0.4, -0.2) is 28.4 Å². The molecule has 0 radical (unpaired) electrons. The van der Waals surface area contributed by atoms with Crippen molar-refractivity contribution < 1.29 is 19.4 Å². The lowest BCUT2D eigenvalue weighted by atomic mass is 9.73. The molecule has 4 nitrogen and oxygen atoms in total. The highest BCUT2D eigenvalue weighted by molar-refractivity contribution is 6.26. The number of Topliss-reactive ketones (excluding diaryl/α,β-unsaturated/α-hetero) is 2. The van der Waals surface area contributed by atoms with Gasteiger partial charge in [-0.3, -0.25) is 4.79 Å². The van der Waals surface area contributed by atoms with Crippen molar-refractivity contribution in [1.82, 2.24) is 0 Å². The average molecular weight is 352 g/mol. The number of carbonyl (C=O) groups excluding carboxylic acids is 2. The van der Waals surface area contributed by atoms with Gasteiger partial charge in [0.05, 0.1) is 29.1 Å². The van der Waals surface area contributed by atoms with Gasteiger partial charge >= 0.3 is 0 Å². The first-order valence-corrected chi connectivity index (χ1v) is 9.17. The molecule has 0 aromatic heterocycles. The molecule has 4 rings (SSSR count). The summed E-state index contributed by atoms with van der Waals surface area (Å²) in [4.78, 5) is 24.9. The number of benzene rings is 1. The highest BCUT2D eigenvalue weighted by atomic mass is 16.5. The maximum atomic E-state index is 13.4. The summed E-state index contributed by atoms with van der Waals surface area (Å²) >= 11 is 0. The Labute approximate surface area is 153 Å². The molecule has 0 amide bonds. The van der Waals surface area contributed by atoms with Gasteiger partial charge in [0.2, 0.25) is 0 Å². The van der Waals surface area contributed by atoms with Crippen molar-refractivity contribution in [3.8, 4) is 0 Å². The van der Waals surface area contributed by atoms with E-state index < -0.39 is 11.5 Å². The monoisotopic (exact) mass is 352 g/mol. The van der Waals surface area contributed by atoms with E-state index in [4.69, 9.17) is 4.74 Å². The lowest BCUT2D eigenvalue weighted by Gasteiger charge is -2.29. The molecule has 0 saturated carbocycles. The van der Waals surface area contributed by atoms with Crippen molar-refractivity contribution in [2.24, 2.45) is 11.8 Å². The van der Waals surface area contributed by atoms with Crippen LogP contribution < -0.4 is 0 Å². The van der Waals surface area contributed by atoms with Gasteiger partial charge in [0.15, 0.2) is 5.78 Å². The molecule has 1 N–H and O–H groups in total. The van der Waals surface area contributed by atoms with E-state index in [9.17, 15) is 14.7 Å². The molecule has 2 bridgehead atoms. The Morgan fingerprint density at radius 3 is 2.50 bits per heavy atom. The first-order chi connectivity index (χ1) is 12.2. The van der Waals surface area contributed by atoms with Crippen molar-refractivity contribution >= 4 is 17.1 Å². The minimum Gasteiger partial charge on any atom is -0.511 e. The standard InChI is InChI=1S/C22H24O4/c1-11-9-12(2)16(13(3)10-11)18-20(24)17-15-6-8-22(26-15,7-5-14(4)23)19(17)21(18)25/h6,8-10,15,17,19,24H,5,7H2,1-4H3/t15-,17-,19+,22+/m0/s1. The Hall–Kier alpha value is -2.20. The number of hydrogen-bond donors (Lipinski definition) is 1. The number of aliphatic hydroxyl groups is 1. The smallest absolute Gasteiger partial charge is 0.174 e. The Morgan fingerprint density at radius 1 is 1.23 bits per heavy atom. The van der Waals surface area contributed by atoms with E-state index in [-0.39, 0.29) is 29.3 Å². The third-order valence-corrected chi connectivity index (χ3v) is 6.06. The summed E-state index contributed by atoms with van der Waals surface area (Å²) in [6, 6.07) is 4.08. The normalized spacial score (nSPS) is 31.8. The van der Waals surface area contributed by atoms with Crippen LogP contribution in [0, 0.1) is 32.6 Å². The third kappa shape index (κ3) is 2.25. The van der Waals surface area contributed by atoms with Crippen LogP contribution in [0.1, 0.15) is 42.0 Å². The number of aryl methyl sites for hydroxylation is 3. The van der Waals surface area contributed by atoms with Gasteiger partial charge in [0.25, 0.3) is 0 Å². The second-order valence-corrected chi connectivity index (χ2v) is 8.00. The maximum Gasteiger partial charge on any atom is 0.174 e. The summed E-state index contributed by atoms with van der Waals surface area (Å²) < 4.78 is 6.10. The molecule has 136 valence electrons. The molecule has 1 aromatic rings. The van der Waals surface area contributed by atoms with Gasteiger partial charge in [0, 0.05) is 6.42 Å². The van der Waals surface area contributed by atoms with Crippen LogP contribution in [0.15, 0.2) is 30.0 Å². The SMILES string of the molecule is CC(=O)CC[C@]12C=C[C@H](O1)[C@@H]1C(O)=C(c3c(C)cc(C)cc3C)C(=O)[C@@H]12. The third-order valence-electron chi connectivity index (χ3n) is 6.06. The molecule has 3 aliphatic rings. The van der Waals surface area contributed by atoms with Crippen LogP contribution in [0.2, 0.25) is 0 Å². The summed E-state index contributed by atoms with van der Waals surface area (Å²) in [7, 11) is 0. The van der Waals surface area contributed by atoms with Gasteiger partial charge in [-0.25, -0.2) is 0 Å². The molecule has 0 unspecified atom stereocenters. The van der Waals surface area contributed by atoms with Gasteiger partial charge in [-0.2, -0.15) is 0 Å². The number of carbonyl (C=O) groups is 2. The molecule has 1 fully saturated rings. The Morgan fingerprint density at radius 2 is 1.88 bits per heavy atom. The number of ketones is 2. The molecule has 1 aliphatic carbocycles. The van der Waals surface area contributed by atoms with Crippen LogP contribution in [0.4, 0.5) is 0 Å². The van der Waals surface area contributed by atoms with Gasteiger partial charge in [-0.05, 0) is 50.8 Å². The molecule has 2 heterocycles. The highest BCUT2D eigenvalue weighted by Crippen LogP contribution is 2.58. The summed E-state index contributed by atoms with van der Waals surface area (Å²) in [6.45, 7) is 7.53. The molecule has 0 spiro atoms. The minimum absolute atomic E-state index is 0.0574. The van der Waals surface area contributed by atoms with Gasteiger partial charge in [-0.15, -0.1) is 0 Å². The molecular formula is C22H24O4. The number of ether oxygens (including phenoxy) is 1. The zero-order valence-electron chi connectivity index (χ0n) is 15.6. The lowest BCUT2D eigenvalue weighted by molar-refractivity contribution is -0.123. The van der Waals surface area contributed by atoms with Crippen molar-refractivity contribution in [1.29, 1.82) is 0 Å². The van der Waals surface area contributed by atoms with Gasteiger partial charge < -0.3 is 14.6 Å². The predicted octanol–water partition coefficient (Wildman–Crippen LogP) is 3.77. The van der Waals surface area contributed by atoms with E-state index in [0.717, 1.165) is 22.3 Å². The summed E-state index contributed by atoms with van der Waals surface area (Å²) in [5, 5.41) is 11.0.